The van der Waals surface area contributed by atoms with E-state index in [1.807, 2.05) is 18.2 Å². The van der Waals surface area contributed by atoms with Crippen LogP contribution in [-0.2, 0) is 11.3 Å². The fraction of sp³-hybridized carbons (Fsp3) is 0.188. The van der Waals surface area contributed by atoms with Gasteiger partial charge in [-0.25, -0.2) is 0 Å². The van der Waals surface area contributed by atoms with Gasteiger partial charge in [0.15, 0.2) is 5.56 Å². The molecule has 0 radical (unpaired) electrons. The third-order valence-electron chi connectivity index (χ3n) is 3.45. The molecule has 0 fully saturated rings. The molecule has 0 spiro atoms. The summed E-state index contributed by atoms with van der Waals surface area (Å²) >= 11 is 7.48. The molecule has 1 aromatic carbocycles. The van der Waals surface area contributed by atoms with Crippen molar-refractivity contribution < 1.29 is 4.74 Å². The predicted molar refractivity (Wildman–Crippen MR) is 95.2 cm³/mol. The Labute approximate surface area is 147 Å². The van der Waals surface area contributed by atoms with Gasteiger partial charge >= 0.3 is 0 Å². The first-order valence-electron chi connectivity index (χ1n) is 7.09. The summed E-state index contributed by atoms with van der Waals surface area (Å²) in [5.41, 5.74) is 1.12. The van der Waals surface area contributed by atoms with Crippen LogP contribution < -0.4 is 10.9 Å². The van der Waals surface area contributed by atoms with Gasteiger partial charge in [-0.2, -0.15) is 5.26 Å². The highest BCUT2D eigenvalue weighted by Gasteiger charge is 2.17. The van der Waals surface area contributed by atoms with E-state index >= 15 is 0 Å². The van der Waals surface area contributed by atoms with Gasteiger partial charge in [-0.1, -0.05) is 11.6 Å². The number of nitrogens with zero attached hydrogens (tertiary/aromatic N) is 3. The van der Waals surface area contributed by atoms with E-state index in [1.165, 1.54) is 15.5 Å². The molecule has 2 aromatic heterocycles. The monoisotopic (exact) mass is 360 g/mol. The molecular weight excluding hydrogens is 348 g/mol. The number of hydrogen-bond donors (Lipinski definition) is 1. The lowest BCUT2D eigenvalue weighted by molar-refractivity contribution is 0.189. The van der Waals surface area contributed by atoms with E-state index in [4.69, 9.17) is 16.3 Å². The Morgan fingerprint density at radius 2 is 2.29 bits per heavy atom. The average Bonchev–Trinajstić information content (AvgIpc) is 2.90. The zero-order valence-electron chi connectivity index (χ0n) is 12.7. The van der Waals surface area contributed by atoms with Crippen molar-refractivity contribution in [3.63, 3.8) is 0 Å². The lowest BCUT2D eigenvalue weighted by Crippen LogP contribution is -2.17. The molecule has 0 atom stereocenters. The molecule has 24 heavy (non-hydrogen) atoms. The second-order valence-electron chi connectivity index (χ2n) is 4.92. The molecule has 0 amide bonds. The van der Waals surface area contributed by atoms with Crippen LogP contribution in [0.25, 0.3) is 10.9 Å². The number of nitrogens with one attached hydrogen (secondary N) is 1. The van der Waals surface area contributed by atoms with Gasteiger partial charge in [-0.3, -0.25) is 13.7 Å². The van der Waals surface area contributed by atoms with Crippen LogP contribution in [0.3, 0.4) is 0 Å². The maximum absolute atomic E-state index is 12.3. The van der Waals surface area contributed by atoms with Crippen LogP contribution in [0.5, 0.6) is 0 Å². The van der Waals surface area contributed by atoms with Crippen LogP contribution in [-0.4, -0.2) is 22.7 Å². The fourth-order valence-corrected chi connectivity index (χ4v) is 3.44. The SMILES string of the molecule is COCCn1sc(Nc2c(Cl)ccc3ncccc23)c(C#N)c1=O. The van der Waals surface area contributed by atoms with Crippen molar-refractivity contribution in [2.24, 2.45) is 0 Å². The summed E-state index contributed by atoms with van der Waals surface area (Å²) < 4.78 is 6.48. The van der Waals surface area contributed by atoms with Crippen molar-refractivity contribution in [1.82, 2.24) is 8.94 Å². The van der Waals surface area contributed by atoms with E-state index in [0.717, 1.165) is 10.9 Å². The fourth-order valence-electron chi connectivity index (χ4n) is 2.29. The summed E-state index contributed by atoms with van der Waals surface area (Å²) in [5.74, 6) is 0. The number of rotatable bonds is 5. The van der Waals surface area contributed by atoms with E-state index in [0.29, 0.717) is 28.9 Å². The summed E-state index contributed by atoms with van der Waals surface area (Å²) in [6, 6.07) is 9.20. The third kappa shape index (κ3) is 2.99. The van der Waals surface area contributed by atoms with Gasteiger partial charge in [-0.15, -0.1) is 0 Å². The van der Waals surface area contributed by atoms with Crippen molar-refractivity contribution in [3.8, 4) is 6.07 Å². The van der Waals surface area contributed by atoms with Gasteiger partial charge in [0, 0.05) is 18.7 Å². The van der Waals surface area contributed by atoms with Crippen LogP contribution >= 0.6 is 23.1 Å². The summed E-state index contributed by atoms with van der Waals surface area (Å²) in [5, 5.41) is 14.2. The Balaban J connectivity index is 2.08. The molecule has 0 aliphatic heterocycles. The van der Waals surface area contributed by atoms with Crippen LogP contribution in [0.4, 0.5) is 10.7 Å². The Morgan fingerprint density at radius 1 is 1.46 bits per heavy atom. The van der Waals surface area contributed by atoms with E-state index in [2.05, 4.69) is 10.3 Å². The Kier molecular flexibility index (Phi) is 4.81. The molecule has 8 heteroatoms. The van der Waals surface area contributed by atoms with Gasteiger partial charge < -0.3 is 10.1 Å². The van der Waals surface area contributed by atoms with Gasteiger partial charge in [-0.05, 0) is 35.8 Å². The van der Waals surface area contributed by atoms with Crippen LogP contribution in [0.15, 0.2) is 35.3 Å². The molecule has 3 rings (SSSR count). The normalized spacial score (nSPS) is 10.7. The van der Waals surface area contributed by atoms with Crippen molar-refractivity contribution in [3.05, 3.63) is 51.4 Å². The summed E-state index contributed by atoms with van der Waals surface area (Å²) in [4.78, 5) is 16.6. The molecule has 0 bridgehead atoms. The maximum atomic E-state index is 12.3. The highest BCUT2D eigenvalue weighted by atomic mass is 35.5. The molecule has 0 unspecified atom stereocenters. The summed E-state index contributed by atoms with van der Waals surface area (Å²) in [6.45, 7) is 0.783. The molecule has 3 aromatic rings. The number of anilines is 2. The molecule has 2 heterocycles. The van der Waals surface area contributed by atoms with E-state index in [9.17, 15) is 10.1 Å². The van der Waals surface area contributed by atoms with Gasteiger partial charge in [0.2, 0.25) is 0 Å². The largest absolute Gasteiger partial charge is 0.383 e. The molecule has 1 N–H and O–H groups in total. The lowest BCUT2D eigenvalue weighted by atomic mass is 10.2. The number of pyridine rings is 1. The van der Waals surface area contributed by atoms with Gasteiger partial charge in [0.1, 0.15) is 11.1 Å². The molecular formula is C16H13ClN4O2S. The van der Waals surface area contributed by atoms with E-state index in [1.54, 1.807) is 25.4 Å². The van der Waals surface area contributed by atoms with Crippen LogP contribution in [0, 0.1) is 11.3 Å². The van der Waals surface area contributed by atoms with Crippen LogP contribution in [0.2, 0.25) is 5.02 Å². The summed E-state index contributed by atoms with van der Waals surface area (Å²) in [7, 11) is 1.56. The van der Waals surface area contributed by atoms with Crippen molar-refractivity contribution >= 4 is 44.7 Å². The zero-order chi connectivity index (χ0) is 17.1. The highest BCUT2D eigenvalue weighted by Crippen LogP contribution is 2.34. The first-order chi connectivity index (χ1) is 11.7. The molecule has 0 aliphatic rings. The van der Waals surface area contributed by atoms with Crippen molar-refractivity contribution in [2.75, 3.05) is 19.0 Å². The lowest BCUT2D eigenvalue weighted by Gasteiger charge is -2.09. The molecule has 0 aliphatic carbocycles. The number of aromatic nitrogens is 2. The molecule has 6 nitrogen and oxygen atoms in total. The zero-order valence-corrected chi connectivity index (χ0v) is 14.3. The smallest absolute Gasteiger partial charge is 0.280 e. The number of halogens is 1. The van der Waals surface area contributed by atoms with Gasteiger partial charge in [0.25, 0.3) is 5.56 Å². The number of hydrogen-bond acceptors (Lipinski definition) is 6. The van der Waals surface area contributed by atoms with Crippen molar-refractivity contribution in [2.45, 2.75) is 6.54 Å². The average molecular weight is 361 g/mol. The second-order valence-corrected chi connectivity index (χ2v) is 6.36. The van der Waals surface area contributed by atoms with Crippen LogP contribution in [0.1, 0.15) is 5.56 Å². The highest BCUT2D eigenvalue weighted by molar-refractivity contribution is 7.11. The minimum Gasteiger partial charge on any atom is -0.383 e. The quantitative estimate of drug-likeness (QED) is 0.754. The van der Waals surface area contributed by atoms with Gasteiger partial charge in [0.05, 0.1) is 29.4 Å². The standard InChI is InChI=1S/C16H13ClN4O2S/c1-23-8-7-21-16(22)11(9-18)15(24-21)20-14-10-3-2-6-19-13(10)5-4-12(14)17/h2-6,20H,7-8H2,1H3. The first-order valence-corrected chi connectivity index (χ1v) is 8.24. The molecule has 0 saturated heterocycles. The van der Waals surface area contributed by atoms with E-state index < -0.39 is 0 Å². The minimum atomic E-state index is -0.337. The number of fused-ring (bicyclic) bond motifs is 1. The Morgan fingerprint density at radius 3 is 3.04 bits per heavy atom. The predicted octanol–water partition coefficient (Wildman–Crippen LogP) is 3.37. The maximum Gasteiger partial charge on any atom is 0.280 e. The number of benzene rings is 1. The number of nitriles is 1. The summed E-state index contributed by atoms with van der Waals surface area (Å²) in [6.07, 6.45) is 1.69. The minimum absolute atomic E-state index is 0.0630. The number of methoxy groups -OCH3 is 1. The topological polar surface area (TPSA) is 79.9 Å². The van der Waals surface area contributed by atoms with E-state index in [-0.39, 0.29) is 11.1 Å². The second kappa shape index (κ2) is 7.01. The third-order valence-corrected chi connectivity index (χ3v) is 4.82. The molecule has 0 saturated carbocycles. The Hall–Kier alpha value is -2.40. The molecule has 122 valence electrons. The van der Waals surface area contributed by atoms with Crippen molar-refractivity contribution in [1.29, 1.82) is 5.26 Å². The first kappa shape index (κ1) is 16.5. The number of ether oxygens (including phenoxy) is 1. The Bertz CT molecular complexity index is 990.